The van der Waals surface area contributed by atoms with Crippen molar-refractivity contribution >= 4 is 26.8 Å². The number of benzene rings is 2. The third kappa shape index (κ3) is 3.16. The molecule has 3 aromatic rings. The standard InChI is InChI=1S/C16H11BrF2N2O2/c17-9-1-4-14-12(5-9)16(23)21(8-20-14)7-15(22)11-3-2-10(18)6-13(11)19/h1-6,8,15,22H,7H2. The van der Waals surface area contributed by atoms with E-state index in [2.05, 4.69) is 20.9 Å². The van der Waals surface area contributed by atoms with E-state index in [9.17, 15) is 18.7 Å². The fourth-order valence-corrected chi connectivity index (χ4v) is 2.68. The quantitative estimate of drug-likeness (QED) is 0.759. The second kappa shape index (κ2) is 6.17. The summed E-state index contributed by atoms with van der Waals surface area (Å²) in [6.07, 6.45) is 0.00292. The highest BCUT2D eigenvalue weighted by molar-refractivity contribution is 9.10. The molecular weight excluding hydrogens is 370 g/mol. The van der Waals surface area contributed by atoms with Crippen LogP contribution in [0.1, 0.15) is 11.7 Å². The molecule has 23 heavy (non-hydrogen) atoms. The zero-order valence-electron chi connectivity index (χ0n) is 11.7. The van der Waals surface area contributed by atoms with Gasteiger partial charge in [0.2, 0.25) is 0 Å². The van der Waals surface area contributed by atoms with Crippen LogP contribution in [0.3, 0.4) is 0 Å². The Morgan fingerprint density at radius 1 is 1.22 bits per heavy atom. The summed E-state index contributed by atoms with van der Waals surface area (Å²) in [5, 5.41) is 10.5. The van der Waals surface area contributed by atoms with Crippen LogP contribution in [0.4, 0.5) is 8.78 Å². The summed E-state index contributed by atoms with van der Waals surface area (Å²) in [5.74, 6) is -1.59. The van der Waals surface area contributed by atoms with Crippen LogP contribution >= 0.6 is 15.9 Å². The van der Waals surface area contributed by atoms with Crippen LogP contribution in [-0.2, 0) is 6.54 Å². The SMILES string of the molecule is O=c1c2cc(Br)ccc2ncn1CC(O)c1ccc(F)cc1F. The first-order chi connectivity index (χ1) is 11.0. The highest BCUT2D eigenvalue weighted by Gasteiger charge is 2.15. The van der Waals surface area contributed by atoms with Gasteiger partial charge < -0.3 is 5.11 Å². The van der Waals surface area contributed by atoms with Gasteiger partial charge in [-0.3, -0.25) is 9.36 Å². The Bertz CT molecular complexity index is 943. The van der Waals surface area contributed by atoms with Crippen molar-refractivity contribution < 1.29 is 13.9 Å². The molecule has 0 saturated heterocycles. The first kappa shape index (κ1) is 15.8. The fourth-order valence-electron chi connectivity index (χ4n) is 2.32. The molecule has 1 unspecified atom stereocenters. The number of aromatic nitrogens is 2. The van der Waals surface area contributed by atoms with Crippen LogP contribution in [0.2, 0.25) is 0 Å². The van der Waals surface area contributed by atoms with Crippen molar-refractivity contribution in [1.29, 1.82) is 0 Å². The minimum atomic E-state index is -1.29. The van der Waals surface area contributed by atoms with Gasteiger partial charge in [-0.15, -0.1) is 0 Å². The van der Waals surface area contributed by atoms with Gasteiger partial charge in [0.1, 0.15) is 11.6 Å². The zero-order chi connectivity index (χ0) is 16.6. The Morgan fingerprint density at radius 2 is 2.00 bits per heavy atom. The minimum Gasteiger partial charge on any atom is -0.386 e. The van der Waals surface area contributed by atoms with Crippen LogP contribution in [-0.4, -0.2) is 14.7 Å². The molecule has 1 heterocycles. The van der Waals surface area contributed by atoms with E-state index in [4.69, 9.17) is 0 Å². The molecule has 0 saturated carbocycles. The number of nitrogens with zero attached hydrogens (tertiary/aromatic N) is 2. The topological polar surface area (TPSA) is 55.1 Å². The Hall–Kier alpha value is -2.12. The summed E-state index contributed by atoms with van der Waals surface area (Å²) in [5.41, 5.74) is 0.0995. The molecule has 118 valence electrons. The predicted octanol–water partition coefficient (Wildman–Crippen LogP) is 3.17. The molecule has 4 nitrogen and oxygen atoms in total. The second-order valence-corrected chi connectivity index (χ2v) is 5.96. The smallest absolute Gasteiger partial charge is 0.261 e. The van der Waals surface area contributed by atoms with Gasteiger partial charge in [-0.2, -0.15) is 0 Å². The van der Waals surface area contributed by atoms with Crippen molar-refractivity contribution in [2.45, 2.75) is 12.6 Å². The highest BCUT2D eigenvalue weighted by Crippen LogP contribution is 2.20. The van der Waals surface area contributed by atoms with Gasteiger partial charge in [0.15, 0.2) is 0 Å². The van der Waals surface area contributed by atoms with Gasteiger partial charge >= 0.3 is 0 Å². The van der Waals surface area contributed by atoms with E-state index >= 15 is 0 Å². The van der Waals surface area contributed by atoms with Crippen molar-refractivity contribution in [2.24, 2.45) is 0 Å². The van der Waals surface area contributed by atoms with E-state index in [-0.39, 0.29) is 17.7 Å². The van der Waals surface area contributed by atoms with Gasteiger partial charge in [0, 0.05) is 16.1 Å². The van der Waals surface area contributed by atoms with Gasteiger partial charge in [0.05, 0.1) is 29.9 Å². The molecule has 0 aliphatic heterocycles. The zero-order valence-corrected chi connectivity index (χ0v) is 13.3. The monoisotopic (exact) mass is 380 g/mol. The molecule has 2 aromatic carbocycles. The first-order valence-corrected chi connectivity index (χ1v) is 7.53. The number of aliphatic hydroxyl groups is 1. The summed E-state index contributed by atoms with van der Waals surface area (Å²) in [6.45, 7) is -0.184. The van der Waals surface area contributed by atoms with E-state index in [0.717, 1.165) is 16.6 Å². The van der Waals surface area contributed by atoms with Gasteiger partial charge in [-0.25, -0.2) is 13.8 Å². The maximum Gasteiger partial charge on any atom is 0.261 e. The van der Waals surface area contributed by atoms with E-state index in [1.807, 2.05) is 0 Å². The number of fused-ring (bicyclic) bond motifs is 1. The lowest BCUT2D eigenvalue weighted by Gasteiger charge is -2.14. The average Bonchev–Trinajstić information content (AvgIpc) is 2.50. The van der Waals surface area contributed by atoms with Crippen LogP contribution in [0, 0.1) is 11.6 Å². The first-order valence-electron chi connectivity index (χ1n) is 6.73. The van der Waals surface area contributed by atoms with Crippen molar-refractivity contribution in [3.63, 3.8) is 0 Å². The average molecular weight is 381 g/mol. The van der Waals surface area contributed by atoms with Crippen molar-refractivity contribution in [2.75, 3.05) is 0 Å². The second-order valence-electron chi connectivity index (χ2n) is 5.05. The van der Waals surface area contributed by atoms with Gasteiger partial charge in [0.25, 0.3) is 5.56 Å². The summed E-state index contributed by atoms with van der Waals surface area (Å²) in [6, 6.07) is 8.00. The number of hydrogen-bond donors (Lipinski definition) is 1. The van der Waals surface area contributed by atoms with Crippen LogP contribution in [0.15, 0.2) is 52.0 Å². The van der Waals surface area contributed by atoms with Crippen LogP contribution in [0.25, 0.3) is 10.9 Å². The maximum atomic E-state index is 13.7. The van der Waals surface area contributed by atoms with Gasteiger partial charge in [-0.05, 0) is 24.3 Å². The molecule has 0 bridgehead atoms. The van der Waals surface area contributed by atoms with Gasteiger partial charge in [-0.1, -0.05) is 22.0 Å². The number of rotatable bonds is 3. The van der Waals surface area contributed by atoms with E-state index in [1.54, 1.807) is 18.2 Å². The molecule has 3 rings (SSSR count). The number of hydrogen-bond acceptors (Lipinski definition) is 3. The third-order valence-corrected chi connectivity index (χ3v) is 3.97. The molecule has 0 aliphatic rings. The molecule has 0 spiro atoms. The third-order valence-electron chi connectivity index (χ3n) is 3.48. The summed E-state index contributed by atoms with van der Waals surface area (Å²) in [4.78, 5) is 16.6. The molecule has 0 radical (unpaired) electrons. The molecule has 1 N–H and O–H groups in total. The summed E-state index contributed by atoms with van der Waals surface area (Å²) >= 11 is 3.28. The number of halogens is 3. The van der Waals surface area contributed by atoms with Crippen molar-refractivity contribution in [3.05, 3.63) is 74.7 Å². The fraction of sp³-hybridized carbons (Fsp3) is 0.125. The number of aliphatic hydroxyl groups excluding tert-OH is 1. The molecular formula is C16H11BrF2N2O2. The molecule has 1 atom stereocenters. The van der Waals surface area contributed by atoms with E-state index in [0.29, 0.717) is 17.0 Å². The van der Waals surface area contributed by atoms with Crippen LogP contribution < -0.4 is 5.56 Å². The lowest BCUT2D eigenvalue weighted by Crippen LogP contribution is -2.24. The predicted molar refractivity (Wildman–Crippen MR) is 85.0 cm³/mol. The molecule has 1 aromatic heterocycles. The van der Waals surface area contributed by atoms with E-state index < -0.39 is 17.7 Å². The summed E-state index contributed by atoms with van der Waals surface area (Å²) in [7, 11) is 0. The lowest BCUT2D eigenvalue weighted by molar-refractivity contribution is 0.150. The molecule has 7 heteroatoms. The summed E-state index contributed by atoms with van der Waals surface area (Å²) < 4.78 is 28.5. The molecule has 0 fully saturated rings. The normalized spacial score (nSPS) is 12.5. The molecule has 0 amide bonds. The van der Waals surface area contributed by atoms with Crippen molar-refractivity contribution in [1.82, 2.24) is 9.55 Å². The Morgan fingerprint density at radius 3 is 2.74 bits per heavy atom. The highest BCUT2D eigenvalue weighted by atomic mass is 79.9. The Labute approximate surface area is 138 Å². The molecule has 0 aliphatic carbocycles. The van der Waals surface area contributed by atoms with Crippen molar-refractivity contribution in [3.8, 4) is 0 Å². The van der Waals surface area contributed by atoms with E-state index in [1.165, 1.54) is 10.9 Å². The Balaban J connectivity index is 1.98. The largest absolute Gasteiger partial charge is 0.386 e. The van der Waals surface area contributed by atoms with Crippen LogP contribution in [0.5, 0.6) is 0 Å². The lowest BCUT2D eigenvalue weighted by atomic mass is 10.1. The maximum absolute atomic E-state index is 13.7. The Kier molecular flexibility index (Phi) is 4.23. The minimum absolute atomic E-state index is 0.0763.